The van der Waals surface area contributed by atoms with Crippen LogP contribution in [0.25, 0.3) is 21.8 Å². The summed E-state index contributed by atoms with van der Waals surface area (Å²) in [5.74, 6) is -0.248. The van der Waals surface area contributed by atoms with Crippen LogP contribution in [0.3, 0.4) is 0 Å². The third kappa shape index (κ3) is 3.44. The van der Waals surface area contributed by atoms with Gasteiger partial charge in [-0.1, -0.05) is 54.2 Å². The lowest BCUT2D eigenvalue weighted by Crippen LogP contribution is -2.25. The summed E-state index contributed by atoms with van der Waals surface area (Å²) in [7, 11) is 0. The molecule has 0 radical (unpaired) electrons. The molecule has 1 unspecified atom stereocenters. The van der Waals surface area contributed by atoms with Gasteiger partial charge in [0.1, 0.15) is 0 Å². The summed E-state index contributed by atoms with van der Waals surface area (Å²) in [5.41, 5.74) is 4.10. The number of nitro benzene ring substituents is 1. The Balaban J connectivity index is 1.61. The van der Waals surface area contributed by atoms with Gasteiger partial charge in [-0.3, -0.25) is 25.0 Å². The van der Waals surface area contributed by atoms with Crippen LogP contribution < -0.4 is 5.32 Å². The molecule has 2 heterocycles. The second kappa shape index (κ2) is 7.55. The number of carbonyl (C=O) groups excluding carboxylic acids is 2. The number of para-hydroxylation sites is 1. The monoisotopic (exact) mass is 431 g/mol. The number of nitro groups is 1. The quantitative estimate of drug-likeness (QED) is 0.367. The number of hydrogen-bond acceptors (Lipinski definition) is 5. The van der Waals surface area contributed by atoms with Gasteiger partial charge in [-0.2, -0.15) is 0 Å². The Morgan fingerprint density at radius 3 is 2.42 bits per heavy atom. The summed E-state index contributed by atoms with van der Waals surface area (Å²) in [6.07, 6.45) is 0.463. The van der Waals surface area contributed by atoms with Crippen LogP contribution in [-0.2, 0) is 17.8 Å². The first-order chi connectivity index (χ1) is 15.0. The van der Waals surface area contributed by atoms with Crippen molar-refractivity contribution < 1.29 is 14.5 Å². The zero-order valence-electron chi connectivity index (χ0n) is 16.3. The summed E-state index contributed by atoms with van der Waals surface area (Å²) in [4.78, 5) is 34.2. The maximum atomic E-state index is 12.1. The fraction of sp³-hybridized carbons (Fsp3) is 0.130. The van der Waals surface area contributed by atoms with Gasteiger partial charge in [0.15, 0.2) is 0 Å². The first-order valence-electron chi connectivity index (χ1n) is 9.75. The Hall–Kier alpha value is -3.65. The molecule has 0 saturated carbocycles. The van der Waals surface area contributed by atoms with Crippen molar-refractivity contribution in [2.24, 2.45) is 0 Å². The Labute approximate surface area is 181 Å². The van der Waals surface area contributed by atoms with E-state index < -0.39 is 10.2 Å². The molecule has 8 heteroatoms. The molecule has 1 N–H and O–H groups in total. The van der Waals surface area contributed by atoms with Crippen molar-refractivity contribution in [3.63, 3.8) is 0 Å². The predicted molar refractivity (Wildman–Crippen MR) is 120 cm³/mol. The van der Waals surface area contributed by atoms with E-state index in [4.69, 9.17) is 0 Å². The van der Waals surface area contributed by atoms with Crippen molar-refractivity contribution >= 4 is 50.4 Å². The molecule has 5 rings (SSSR count). The lowest BCUT2D eigenvalue weighted by Gasteiger charge is -2.10. The number of rotatable bonds is 5. The van der Waals surface area contributed by atoms with Crippen molar-refractivity contribution in [2.75, 3.05) is 0 Å². The number of amides is 2. The molecule has 1 atom stereocenters. The minimum Gasteiger partial charge on any atom is -0.336 e. The molecule has 0 bridgehead atoms. The number of nitrogens with zero attached hydrogens (tertiary/aromatic N) is 2. The van der Waals surface area contributed by atoms with Crippen LogP contribution in [0.4, 0.5) is 10.5 Å². The Morgan fingerprint density at radius 1 is 0.968 bits per heavy atom. The second-order valence-electron chi connectivity index (χ2n) is 7.43. The lowest BCUT2D eigenvalue weighted by molar-refractivity contribution is -0.384. The van der Waals surface area contributed by atoms with Gasteiger partial charge in [-0.15, -0.1) is 0 Å². The van der Waals surface area contributed by atoms with Crippen LogP contribution in [0.5, 0.6) is 0 Å². The second-order valence-corrected chi connectivity index (χ2v) is 8.60. The van der Waals surface area contributed by atoms with Crippen LogP contribution in [0.2, 0.25) is 0 Å². The standard InChI is InChI=1S/C23H17N3O4S/c27-22-20(31-23(28)24-22)12-15-4-3-7-19-21(15)17-5-1-2-6-18(17)25(19)13-14-8-10-16(11-9-14)26(29)30/h1-11,20H,12-13H2,(H,24,27,28). The van der Waals surface area contributed by atoms with Crippen molar-refractivity contribution in [3.8, 4) is 0 Å². The molecule has 1 aliphatic heterocycles. The fourth-order valence-electron chi connectivity index (χ4n) is 4.15. The molecule has 7 nitrogen and oxygen atoms in total. The maximum Gasteiger partial charge on any atom is 0.286 e. The third-order valence-electron chi connectivity index (χ3n) is 5.54. The van der Waals surface area contributed by atoms with Crippen LogP contribution in [0, 0.1) is 10.1 Å². The first-order valence-corrected chi connectivity index (χ1v) is 10.6. The molecular weight excluding hydrogens is 414 g/mol. The van der Waals surface area contributed by atoms with E-state index in [2.05, 4.69) is 16.0 Å². The summed E-state index contributed by atoms with van der Waals surface area (Å²) in [6.45, 7) is 0.558. The first kappa shape index (κ1) is 19.3. The molecule has 31 heavy (non-hydrogen) atoms. The van der Waals surface area contributed by atoms with E-state index in [-0.39, 0.29) is 16.8 Å². The Morgan fingerprint density at radius 2 is 1.71 bits per heavy atom. The number of benzene rings is 3. The van der Waals surface area contributed by atoms with E-state index in [9.17, 15) is 19.7 Å². The van der Waals surface area contributed by atoms with E-state index in [1.54, 1.807) is 12.1 Å². The third-order valence-corrected chi connectivity index (χ3v) is 6.53. The van der Waals surface area contributed by atoms with E-state index in [0.29, 0.717) is 13.0 Å². The minimum atomic E-state index is -0.435. The molecule has 0 aliphatic carbocycles. The highest BCUT2D eigenvalue weighted by Gasteiger charge is 2.32. The van der Waals surface area contributed by atoms with E-state index in [1.807, 2.05) is 36.4 Å². The minimum absolute atomic E-state index is 0.0649. The summed E-state index contributed by atoms with van der Waals surface area (Å²) in [5, 5.41) is 14.7. The van der Waals surface area contributed by atoms with Gasteiger partial charge in [0.05, 0.1) is 10.2 Å². The zero-order valence-corrected chi connectivity index (χ0v) is 17.1. The summed E-state index contributed by atoms with van der Waals surface area (Å²) >= 11 is 1.03. The lowest BCUT2D eigenvalue weighted by atomic mass is 10.0. The molecule has 1 fully saturated rings. The van der Waals surface area contributed by atoms with Crippen LogP contribution >= 0.6 is 11.8 Å². The average molecular weight is 431 g/mol. The zero-order chi connectivity index (χ0) is 21.5. The van der Waals surface area contributed by atoms with Gasteiger partial charge in [0.25, 0.3) is 10.9 Å². The molecule has 1 aliphatic rings. The van der Waals surface area contributed by atoms with Gasteiger partial charge >= 0.3 is 0 Å². The molecule has 3 aromatic carbocycles. The highest BCUT2D eigenvalue weighted by Crippen LogP contribution is 2.34. The number of thioether (sulfide) groups is 1. The van der Waals surface area contributed by atoms with Crippen molar-refractivity contribution in [3.05, 3.63) is 88.0 Å². The molecule has 0 spiro atoms. The highest BCUT2D eigenvalue weighted by atomic mass is 32.2. The molecular formula is C23H17N3O4S. The fourth-order valence-corrected chi connectivity index (χ4v) is 4.99. The number of fused-ring (bicyclic) bond motifs is 3. The Kier molecular flexibility index (Phi) is 4.71. The number of nitrogens with one attached hydrogen (secondary N) is 1. The summed E-state index contributed by atoms with van der Waals surface area (Å²) in [6, 6.07) is 20.6. The van der Waals surface area contributed by atoms with Gasteiger partial charge in [-0.25, -0.2) is 0 Å². The molecule has 2 amide bonds. The van der Waals surface area contributed by atoms with Crippen LogP contribution in [0.15, 0.2) is 66.7 Å². The topological polar surface area (TPSA) is 94.2 Å². The van der Waals surface area contributed by atoms with Crippen LogP contribution in [-0.4, -0.2) is 25.9 Å². The van der Waals surface area contributed by atoms with Crippen LogP contribution in [0.1, 0.15) is 11.1 Å². The summed E-state index contributed by atoms with van der Waals surface area (Å²) < 4.78 is 2.18. The van der Waals surface area contributed by atoms with Crippen molar-refractivity contribution in [1.82, 2.24) is 9.88 Å². The van der Waals surface area contributed by atoms with Gasteiger partial charge in [-0.05, 0) is 29.7 Å². The number of imide groups is 1. The highest BCUT2D eigenvalue weighted by molar-refractivity contribution is 8.15. The van der Waals surface area contributed by atoms with Gasteiger partial charge in [0, 0.05) is 40.5 Å². The maximum absolute atomic E-state index is 12.1. The van der Waals surface area contributed by atoms with E-state index in [1.165, 1.54) is 12.1 Å². The van der Waals surface area contributed by atoms with Crippen molar-refractivity contribution in [2.45, 2.75) is 18.2 Å². The number of hydrogen-bond donors (Lipinski definition) is 1. The molecule has 154 valence electrons. The average Bonchev–Trinajstić information content (AvgIpc) is 3.25. The molecule has 1 saturated heterocycles. The van der Waals surface area contributed by atoms with Gasteiger partial charge in [0.2, 0.25) is 5.91 Å². The normalized spacial score (nSPS) is 16.2. The van der Waals surface area contributed by atoms with E-state index >= 15 is 0 Å². The van der Waals surface area contributed by atoms with Crippen molar-refractivity contribution in [1.29, 1.82) is 0 Å². The number of non-ortho nitro benzene ring substituents is 1. The number of aromatic nitrogens is 1. The van der Waals surface area contributed by atoms with Gasteiger partial charge < -0.3 is 4.57 Å². The predicted octanol–water partition coefficient (Wildman–Crippen LogP) is 4.65. The smallest absolute Gasteiger partial charge is 0.286 e. The Bertz CT molecular complexity index is 1360. The largest absolute Gasteiger partial charge is 0.336 e. The molecule has 4 aromatic rings. The SMILES string of the molecule is O=C1NC(=O)C(Cc2cccc3c2c2ccccc2n3Cc2ccc([N+](=O)[O-])cc2)S1. The molecule has 1 aromatic heterocycles. The number of carbonyl (C=O) groups is 2. The van der Waals surface area contributed by atoms with E-state index in [0.717, 1.165) is 44.7 Å².